The molecule has 0 saturated heterocycles. The Morgan fingerprint density at radius 3 is 2.56 bits per heavy atom. The second-order valence-corrected chi connectivity index (χ2v) is 11.0. The van der Waals surface area contributed by atoms with Gasteiger partial charge >= 0.3 is 0 Å². The van der Waals surface area contributed by atoms with Crippen molar-refractivity contribution in [2.75, 3.05) is 0 Å². The van der Waals surface area contributed by atoms with E-state index in [-0.39, 0.29) is 21.4 Å². The second-order valence-electron chi connectivity index (χ2n) is 9.88. The quantitative estimate of drug-likeness (QED) is 0.655. The van der Waals surface area contributed by atoms with Crippen molar-refractivity contribution in [2.24, 2.45) is 34.5 Å². The van der Waals surface area contributed by atoms with Crippen LogP contribution in [0.2, 0.25) is 0 Å². The first-order valence-corrected chi connectivity index (χ1v) is 11.0. The summed E-state index contributed by atoms with van der Waals surface area (Å²) in [4.78, 5) is 24.3. The van der Waals surface area contributed by atoms with Crippen LogP contribution in [0.1, 0.15) is 72.1 Å². The number of ketones is 2. The molecule has 0 aromatic heterocycles. The molecule has 25 heavy (non-hydrogen) atoms. The van der Waals surface area contributed by atoms with Crippen LogP contribution >= 0.6 is 15.9 Å². The highest BCUT2D eigenvalue weighted by Crippen LogP contribution is 2.68. The number of hydrogen-bond donors (Lipinski definition) is 1. The molecule has 1 N–H and O–H groups in total. The topological polar surface area (TPSA) is 54.4 Å². The Bertz CT molecular complexity index is 618. The summed E-state index contributed by atoms with van der Waals surface area (Å²) >= 11 is 3.68. The number of hydrogen-bond acceptors (Lipinski definition) is 3. The van der Waals surface area contributed by atoms with Crippen molar-refractivity contribution >= 4 is 27.5 Å². The molecule has 0 bridgehead atoms. The van der Waals surface area contributed by atoms with Gasteiger partial charge in [0.2, 0.25) is 0 Å². The molecule has 4 aliphatic rings. The highest BCUT2D eigenvalue weighted by atomic mass is 79.9. The molecule has 4 fully saturated rings. The van der Waals surface area contributed by atoms with Gasteiger partial charge in [-0.05, 0) is 74.5 Å². The average molecular weight is 411 g/mol. The van der Waals surface area contributed by atoms with E-state index in [1.807, 2.05) is 0 Å². The standard InChI is InChI=1S/C21H31BrO3/c1-12(23)21(25)18(22)11-17-15-5-4-13-10-14(24)6-8-19(13,2)16(15)7-9-20(17,21)3/h13,15-18,25H,4-11H2,1-3H3/t13-,15+,16+,17+,18+,19-,20-,21+/m0/s1. The van der Waals surface area contributed by atoms with E-state index in [0.717, 1.165) is 51.4 Å². The van der Waals surface area contributed by atoms with Crippen molar-refractivity contribution in [1.29, 1.82) is 0 Å². The van der Waals surface area contributed by atoms with Gasteiger partial charge in [-0.2, -0.15) is 0 Å². The van der Waals surface area contributed by atoms with Crippen molar-refractivity contribution in [3.8, 4) is 0 Å². The van der Waals surface area contributed by atoms with E-state index in [1.54, 1.807) is 6.92 Å². The van der Waals surface area contributed by atoms with Gasteiger partial charge < -0.3 is 5.11 Å². The fourth-order valence-electron chi connectivity index (χ4n) is 7.65. The molecule has 0 spiro atoms. The van der Waals surface area contributed by atoms with Crippen LogP contribution in [0.25, 0.3) is 0 Å². The third kappa shape index (κ3) is 2.19. The lowest BCUT2D eigenvalue weighted by atomic mass is 9.44. The molecular weight excluding hydrogens is 380 g/mol. The molecule has 4 rings (SSSR count). The summed E-state index contributed by atoms with van der Waals surface area (Å²) in [5, 5.41) is 11.4. The number of aliphatic hydroxyl groups is 1. The second kappa shape index (κ2) is 5.64. The Morgan fingerprint density at radius 2 is 1.88 bits per heavy atom. The van der Waals surface area contributed by atoms with E-state index >= 15 is 0 Å². The van der Waals surface area contributed by atoms with Crippen LogP contribution < -0.4 is 0 Å². The molecule has 0 amide bonds. The zero-order chi connectivity index (χ0) is 18.2. The maximum absolute atomic E-state index is 12.4. The first kappa shape index (κ1) is 18.2. The van der Waals surface area contributed by atoms with Crippen molar-refractivity contribution in [3.63, 3.8) is 0 Å². The van der Waals surface area contributed by atoms with Crippen LogP contribution in [-0.2, 0) is 9.59 Å². The summed E-state index contributed by atoms with van der Waals surface area (Å²) < 4.78 is 0. The molecular formula is C21H31BrO3. The van der Waals surface area contributed by atoms with Gasteiger partial charge in [0.25, 0.3) is 0 Å². The largest absolute Gasteiger partial charge is 0.380 e. The van der Waals surface area contributed by atoms with E-state index in [2.05, 4.69) is 29.8 Å². The van der Waals surface area contributed by atoms with Crippen molar-refractivity contribution in [1.82, 2.24) is 0 Å². The van der Waals surface area contributed by atoms with Gasteiger partial charge in [0.1, 0.15) is 11.4 Å². The first-order chi connectivity index (χ1) is 11.6. The maximum atomic E-state index is 12.4. The Morgan fingerprint density at radius 1 is 1.16 bits per heavy atom. The summed E-state index contributed by atoms with van der Waals surface area (Å²) in [7, 11) is 0. The molecule has 140 valence electrons. The van der Waals surface area contributed by atoms with E-state index in [1.165, 1.54) is 0 Å². The molecule has 0 heterocycles. The molecule has 0 aromatic rings. The fourth-order valence-corrected chi connectivity index (χ4v) is 8.90. The maximum Gasteiger partial charge on any atom is 0.163 e. The Hall–Kier alpha value is -0.220. The highest BCUT2D eigenvalue weighted by Gasteiger charge is 2.69. The van der Waals surface area contributed by atoms with Crippen molar-refractivity contribution in [3.05, 3.63) is 0 Å². The van der Waals surface area contributed by atoms with Crippen LogP contribution in [0.15, 0.2) is 0 Å². The summed E-state index contributed by atoms with van der Waals surface area (Å²) in [6, 6.07) is 0. The van der Waals surface area contributed by atoms with Crippen LogP contribution in [0.4, 0.5) is 0 Å². The minimum Gasteiger partial charge on any atom is -0.380 e. The number of alkyl halides is 1. The summed E-state index contributed by atoms with van der Waals surface area (Å²) in [5.74, 6) is 2.55. The number of carbonyl (C=O) groups is 2. The number of halogens is 1. The predicted octanol–water partition coefficient (Wildman–Crippen LogP) is 4.29. The van der Waals surface area contributed by atoms with Gasteiger partial charge in [0, 0.05) is 18.3 Å². The summed E-state index contributed by atoms with van der Waals surface area (Å²) in [6.45, 7) is 6.15. The van der Waals surface area contributed by atoms with Gasteiger partial charge in [-0.25, -0.2) is 0 Å². The van der Waals surface area contributed by atoms with Gasteiger partial charge in [0.15, 0.2) is 5.78 Å². The van der Waals surface area contributed by atoms with E-state index in [9.17, 15) is 14.7 Å². The molecule has 0 aliphatic heterocycles. The van der Waals surface area contributed by atoms with Crippen LogP contribution in [-0.4, -0.2) is 27.1 Å². The normalized spacial score (nSPS) is 55.2. The highest BCUT2D eigenvalue weighted by molar-refractivity contribution is 9.09. The van der Waals surface area contributed by atoms with Crippen LogP contribution in [0.3, 0.4) is 0 Å². The Balaban J connectivity index is 1.68. The van der Waals surface area contributed by atoms with Gasteiger partial charge in [-0.3, -0.25) is 9.59 Å². The third-order valence-corrected chi connectivity index (χ3v) is 10.2. The van der Waals surface area contributed by atoms with Crippen molar-refractivity contribution < 1.29 is 14.7 Å². The zero-order valence-corrected chi connectivity index (χ0v) is 17.3. The van der Waals surface area contributed by atoms with Crippen LogP contribution in [0, 0.1) is 34.5 Å². The lowest BCUT2D eigenvalue weighted by molar-refractivity contribution is -0.168. The number of fused-ring (bicyclic) bond motifs is 5. The lowest BCUT2D eigenvalue weighted by Crippen LogP contribution is -2.59. The lowest BCUT2D eigenvalue weighted by Gasteiger charge is -2.60. The number of rotatable bonds is 1. The molecule has 0 radical (unpaired) electrons. The predicted molar refractivity (Wildman–Crippen MR) is 100 cm³/mol. The Labute approximate surface area is 159 Å². The van der Waals surface area contributed by atoms with E-state index in [4.69, 9.17) is 0 Å². The summed E-state index contributed by atoms with van der Waals surface area (Å²) in [6.07, 6.45) is 7.77. The minimum atomic E-state index is -1.23. The SMILES string of the molecule is CC(=O)[C@@]1(O)[C@H](Br)C[C@@H]2[C@@H]3CC[C@H]4CC(=O)CC[C@]4(C)[C@@H]3CC[C@@]21C. The zero-order valence-electron chi connectivity index (χ0n) is 15.7. The molecule has 8 atom stereocenters. The molecule has 0 unspecified atom stereocenters. The molecule has 0 aromatic carbocycles. The molecule has 4 heteroatoms. The minimum absolute atomic E-state index is 0.0824. The number of carbonyl (C=O) groups excluding carboxylic acids is 2. The average Bonchev–Trinajstić information content (AvgIpc) is 2.77. The van der Waals surface area contributed by atoms with Gasteiger partial charge in [0.05, 0.1) is 4.83 Å². The molecule has 3 nitrogen and oxygen atoms in total. The van der Waals surface area contributed by atoms with Gasteiger partial charge in [-0.15, -0.1) is 0 Å². The van der Waals surface area contributed by atoms with Gasteiger partial charge in [-0.1, -0.05) is 29.8 Å². The fraction of sp³-hybridized carbons (Fsp3) is 0.905. The van der Waals surface area contributed by atoms with Crippen LogP contribution in [0.5, 0.6) is 0 Å². The molecule has 4 saturated carbocycles. The molecule has 4 aliphatic carbocycles. The monoisotopic (exact) mass is 410 g/mol. The third-order valence-electron chi connectivity index (χ3n) is 9.19. The number of Topliss-reactive ketones (excluding diaryl/α,β-unsaturated/α-hetero) is 2. The Kier molecular flexibility index (Phi) is 4.10. The first-order valence-electron chi connectivity index (χ1n) is 10.0. The van der Waals surface area contributed by atoms with E-state index in [0.29, 0.717) is 29.5 Å². The smallest absolute Gasteiger partial charge is 0.163 e. The summed E-state index contributed by atoms with van der Waals surface area (Å²) in [5.41, 5.74) is -1.28. The van der Waals surface area contributed by atoms with Crippen molar-refractivity contribution in [2.45, 2.75) is 82.6 Å². The van der Waals surface area contributed by atoms with E-state index < -0.39 is 5.60 Å².